The number of nitrogens with two attached hydrogens (primary N) is 1. The van der Waals surface area contributed by atoms with Crippen LogP contribution in [0.5, 0.6) is 5.75 Å². The van der Waals surface area contributed by atoms with E-state index >= 15 is 0 Å². The minimum atomic E-state index is -0.0418. The van der Waals surface area contributed by atoms with Gasteiger partial charge in [0.25, 0.3) is 0 Å². The Bertz CT molecular complexity index is 402. The maximum absolute atomic E-state index is 6.12. The number of anilines is 1. The van der Waals surface area contributed by atoms with Crippen molar-refractivity contribution in [2.24, 2.45) is 11.7 Å². The largest absolute Gasteiger partial charge is 0.496 e. The lowest BCUT2D eigenvalue weighted by Gasteiger charge is -2.31. The molecular formula is C16H28N2O. The Hall–Kier alpha value is -1.22. The van der Waals surface area contributed by atoms with Gasteiger partial charge in [-0.2, -0.15) is 0 Å². The smallest absolute Gasteiger partial charge is 0.125 e. The lowest BCUT2D eigenvalue weighted by molar-refractivity contribution is 0.406. The fraction of sp³-hybridized carbons (Fsp3) is 0.625. The van der Waals surface area contributed by atoms with E-state index in [9.17, 15) is 0 Å². The van der Waals surface area contributed by atoms with Gasteiger partial charge in [-0.25, -0.2) is 0 Å². The molecule has 0 aromatic heterocycles. The van der Waals surface area contributed by atoms with Crippen LogP contribution in [-0.2, 0) is 0 Å². The predicted molar refractivity (Wildman–Crippen MR) is 82.9 cm³/mol. The van der Waals surface area contributed by atoms with Gasteiger partial charge in [-0.1, -0.05) is 19.9 Å². The molecule has 0 radical (unpaired) electrons. The van der Waals surface area contributed by atoms with Gasteiger partial charge >= 0.3 is 0 Å². The van der Waals surface area contributed by atoms with E-state index in [4.69, 9.17) is 10.5 Å². The van der Waals surface area contributed by atoms with Gasteiger partial charge in [0.05, 0.1) is 7.11 Å². The highest BCUT2D eigenvalue weighted by Gasteiger charge is 2.19. The van der Waals surface area contributed by atoms with Gasteiger partial charge in [-0.05, 0) is 38.3 Å². The van der Waals surface area contributed by atoms with Crippen LogP contribution in [0, 0.1) is 5.92 Å². The van der Waals surface area contributed by atoms with E-state index < -0.39 is 0 Å². The molecule has 1 unspecified atom stereocenters. The average Bonchev–Trinajstić information content (AvgIpc) is 2.35. The van der Waals surface area contributed by atoms with Crippen molar-refractivity contribution in [2.45, 2.75) is 46.2 Å². The normalized spacial score (nSPS) is 14.3. The van der Waals surface area contributed by atoms with Crippen LogP contribution in [0.4, 0.5) is 5.69 Å². The molecule has 108 valence electrons. The number of benzene rings is 1. The summed E-state index contributed by atoms with van der Waals surface area (Å²) in [5.74, 6) is 1.55. The second kappa shape index (κ2) is 6.80. The molecule has 0 aliphatic rings. The molecule has 1 rings (SSSR count). The van der Waals surface area contributed by atoms with Gasteiger partial charge < -0.3 is 15.4 Å². The maximum atomic E-state index is 6.12. The van der Waals surface area contributed by atoms with E-state index in [0.29, 0.717) is 12.0 Å². The molecule has 19 heavy (non-hydrogen) atoms. The van der Waals surface area contributed by atoms with Crippen LogP contribution in [0.3, 0.4) is 0 Å². The second-order valence-electron chi connectivity index (χ2n) is 5.77. The van der Waals surface area contributed by atoms with E-state index in [1.807, 2.05) is 19.1 Å². The first kappa shape index (κ1) is 15.8. The highest BCUT2D eigenvalue weighted by atomic mass is 16.5. The molecule has 3 nitrogen and oxygen atoms in total. The molecule has 0 amide bonds. The Morgan fingerprint density at radius 1 is 1.21 bits per heavy atom. The molecule has 0 fully saturated rings. The molecule has 2 N–H and O–H groups in total. The summed E-state index contributed by atoms with van der Waals surface area (Å²) < 4.78 is 5.45. The Morgan fingerprint density at radius 3 is 2.32 bits per heavy atom. The third-order valence-corrected chi connectivity index (χ3v) is 3.57. The van der Waals surface area contributed by atoms with E-state index in [-0.39, 0.29) is 6.04 Å². The summed E-state index contributed by atoms with van der Waals surface area (Å²) in [5, 5.41) is 0. The number of nitrogens with zero attached hydrogens (tertiary/aromatic N) is 1. The minimum Gasteiger partial charge on any atom is -0.496 e. The summed E-state index contributed by atoms with van der Waals surface area (Å²) in [6.45, 7) is 8.76. The summed E-state index contributed by atoms with van der Waals surface area (Å²) in [6, 6.07) is 6.56. The standard InChI is InChI=1S/C16H28N2O/c1-11(2)10-12(3)18(5)14-8-7-9-15(19-6)16(14)13(4)17/h7-9,11-13H,10,17H2,1-6H3/t12?,13-/m0/s1. The molecule has 1 aromatic carbocycles. The first-order valence-electron chi connectivity index (χ1n) is 7.03. The van der Waals surface area contributed by atoms with Gasteiger partial charge in [0.15, 0.2) is 0 Å². The number of rotatable bonds is 6. The van der Waals surface area contributed by atoms with Crippen LogP contribution in [0.1, 0.15) is 45.7 Å². The van der Waals surface area contributed by atoms with Crippen LogP contribution < -0.4 is 15.4 Å². The molecule has 0 aliphatic heterocycles. The zero-order valence-electron chi connectivity index (χ0n) is 13.1. The third-order valence-electron chi connectivity index (χ3n) is 3.57. The highest BCUT2D eigenvalue weighted by molar-refractivity contribution is 5.60. The Balaban J connectivity index is 3.11. The van der Waals surface area contributed by atoms with E-state index in [0.717, 1.165) is 17.7 Å². The average molecular weight is 264 g/mol. The Morgan fingerprint density at radius 2 is 1.84 bits per heavy atom. The van der Waals surface area contributed by atoms with Gasteiger partial charge in [0, 0.05) is 30.4 Å². The van der Waals surface area contributed by atoms with Crippen molar-refractivity contribution in [2.75, 3.05) is 19.1 Å². The lowest BCUT2D eigenvalue weighted by atomic mass is 10.0. The van der Waals surface area contributed by atoms with Gasteiger partial charge in [0.2, 0.25) is 0 Å². The second-order valence-corrected chi connectivity index (χ2v) is 5.77. The number of ether oxygens (including phenoxy) is 1. The van der Waals surface area contributed by atoms with E-state index in [2.05, 4.69) is 38.8 Å². The molecular weight excluding hydrogens is 236 g/mol. The van der Waals surface area contributed by atoms with Crippen molar-refractivity contribution < 1.29 is 4.74 Å². The zero-order valence-corrected chi connectivity index (χ0v) is 13.1. The molecule has 0 bridgehead atoms. The monoisotopic (exact) mass is 264 g/mol. The van der Waals surface area contributed by atoms with Crippen molar-refractivity contribution in [1.29, 1.82) is 0 Å². The topological polar surface area (TPSA) is 38.5 Å². The lowest BCUT2D eigenvalue weighted by Crippen LogP contribution is -2.31. The van der Waals surface area contributed by atoms with Crippen molar-refractivity contribution >= 4 is 5.69 Å². The quantitative estimate of drug-likeness (QED) is 0.853. The van der Waals surface area contributed by atoms with Gasteiger partial charge in [-0.3, -0.25) is 0 Å². The van der Waals surface area contributed by atoms with Gasteiger partial charge in [0.1, 0.15) is 5.75 Å². The minimum absolute atomic E-state index is 0.0418. The van der Waals surface area contributed by atoms with E-state index in [1.165, 1.54) is 5.69 Å². The number of hydrogen-bond acceptors (Lipinski definition) is 3. The predicted octanol–water partition coefficient (Wildman–Crippen LogP) is 3.59. The van der Waals surface area contributed by atoms with Crippen LogP contribution >= 0.6 is 0 Å². The van der Waals surface area contributed by atoms with Crippen molar-refractivity contribution in [3.8, 4) is 5.75 Å². The van der Waals surface area contributed by atoms with Crippen molar-refractivity contribution in [3.05, 3.63) is 23.8 Å². The maximum Gasteiger partial charge on any atom is 0.125 e. The zero-order chi connectivity index (χ0) is 14.6. The third kappa shape index (κ3) is 3.87. The fourth-order valence-electron chi connectivity index (χ4n) is 2.55. The van der Waals surface area contributed by atoms with Crippen LogP contribution in [0.25, 0.3) is 0 Å². The van der Waals surface area contributed by atoms with Crippen LogP contribution in [-0.4, -0.2) is 20.2 Å². The molecule has 0 heterocycles. The van der Waals surface area contributed by atoms with Crippen molar-refractivity contribution in [1.82, 2.24) is 0 Å². The van der Waals surface area contributed by atoms with Gasteiger partial charge in [-0.15, -0.1) is 0 Å². The molecule has 0 spiro atoms. The number of hydrogen-bond donors (Lipinski definition) is 1. The molecule has 3 heteroatoms. The first-order chi connectivity index (χ1) is 8.88. The summed E-state index contributed by atoms with van der Waals surface area (Å²) in [5.41, 5.74) is 8.38. The molecule has 0 saturated carbocycles. The SMILES string of the molecule is COc1cccc(N(C)C(C)CC(C)C)c1[C@H](C)N. The molecule has 0 saturated heterocycles. The highest BCUT2D eigenvalue weighted by Crippen LogP contribution is 2.34. The first-order valence-corrected chi connectivity index (χ1v) is 7.03. The molecule has 2 atom stereocenters. The summed E-state index contributed by atoms with van der Waals surface area (Å²) >= 11 is 0. The molecule has 1 aromatic rings. The van der Waals surface area contributed by atoms with Crippen LogP contribution in [0.2, 0.25) is 0 Å². The number of methoxy groups -OCH3 is 1. The van der Waals surface area contributed by atoms with Crippen molar-refractivity contribution in [3.63, 3.8) is 0 Å². The molecule has 0 aliphatic carbocycles. The van der Waals surface area contributed by atoms with Crippen LogP contribution in [0.15, 0.2) is 18.2 Å². The Kier molecular flexibility index (Phi) is 5.67. The summed E-state index contributed by atoms with van der Waals surface area (Å²) in [4.78, 5) is 2.31. The van der Waals surface area contributed by atoms with E-state index in [1.54, 1.807) is 7.11 Å². The summed E-state index contributed by atoms with van der Waals surface area (Å²) in [7, 11) is 3.83. The summed E-state index contributed by atoms with van der Waals surface area (Å²) in [6.07, 6.45) is 1.16. The fourth-order valence-corrected chi connectivity index (χ4v) is 2.55. The Labute approximate surface area is 117 Å².